The Bertz CT molecular complexity index is 953. The lowest BCUT2D eigenvalue weighted by atomic mass is 10.2. The molecule has 3 rings (SSSR count). The highest BCUT2D eigenvalue weighted by molar-refractivity contribution is 7.90. The monoisotopic (exact) mass is 410 g/mol. The summed E-state index contributed by atoms with van der Waals surface area (Å²) >= 11 is 0. The van der Waals surface area contributed by atoms with Gasteiger partial charge in [-0.05, 0) is 42.7 Å². The van der Waals surface area contributed by atoms with Gasteiger partial charge in [0.05, 0.1) is 15.9 Å². The van der Waals surface area contributed by atoms with Crippen LogP contribution in [0, 0.1) is 0 Å². The first kappa shape index (κ1) is 20.0. The topological polar surface area (TPSA) is 102 Å². The molecule has 1 aliphatic heterocycles. The van der Waals surface area contributed by atoms with Crippen molar-refractivity contribution in [1.82, 2.24) is 9.44 Å². The lowest BCUT2D eigenvalue weighted by Crippen LogP contribution is -2.31. The van der Waals surface area contributed by atoms with Gasteiger partial charge in [-0.1, -0.05) is 30.3 Å². The van der Waals surface area contributed by atoms with Crippen LogP contribution in [0.5, 0.6) is 0 Å². The smallest absolute Gasteiger partial charge is 0.240 e. The van der Waals surface area contributed by atoms with Gasteiger partial charge in [0.25, 0.3) is 0 Å². The van der Waals surface area contributed by atoms with Gasteiger partial charge in [0.1, 0.15) is 0 Å². The molecule has 1 atom stereocenters. The Balaban J connectivity index is 1.64. The fourth-order valence-corrected chi connectivity index (χ4v) is 4.83. The van der Waals surface area contributed by atoms with Crippen molar-refractivity contribution in [3.63, 3.8) is 0 Å². The van der Waals surface area contributed by atoms with E-state index in [-0.39, 0.29) is 29.0 Å². The first-order valence-electron chi connectivity index (χ1n) is 8.62. The molecule has 146 valence electrons. The summed E-state index contributed by atoms with van der Waals surface area (Å²) in [6.07, 6.45) is 1.64. The number of benzene rings is 2. The third kappa shape index (κ3) is 5.36. The van der Waals surface area contributed by atoms with E-state index in [2.05, 4.69) is 9.44 Å². The second kappa shape index (κ2) is 8.49. The van der Waals surface area contributed by atoms with Gasteiger partial charge in [-0.25, -0.2) is 26.3 Å². The fraction of sp³-hybridized carbons (Fsp3) is 0.333. The molecule has 0 bridgehead atoms. The SMILES string of the molecule is O=S(=O)(NCc1ccccc1)c1ccc(S(=O)(=O)NC[C@@H]2CCCO2)cc1. The Kier molecular flexibility index (Phi) is 6.28. The molecule has 0 aromatic heterocycles. The van der Waals surface area contributed by atoms with E-state index in [0.717, 1.165) is 18.4 Å². The minimum atomic E-state index is -3.73. The van der Waals surface area contributed by atoms with Crippen LogP contribution in [-0.4, -0.2) is 36.1 Å². The number of nitrogens with one attached hydrogen (secondary N) is 2. The molecule has 2 aromatic carbocycles. The highest BCUT2D eigenvalue weighted by atomic mass is 32.2. The van der Waals surface area contributed by atoms with Crippen LogP contribution < -0.4 is 9.44 Å². The normalized spacial score (nSPS) is 17.9. The highest BCUT2D eigenvalue weighted by Gasteiger charge is 2.21. The molecule has 1 heterocycles. The first-order chi connectivity index (χ1) is 12.9. The van der Waals surface area contributed by atoms with Crippen molar-refractivity contribution < 1.29 is 21.6 Å². The van der Waals surface area contributed by atoms with E-state index in [0.29, 0.717) is 6.61 Å². The molecular weight excluding hydrogens is 388 g/mol. The molecule has 7 nitrogen and oxygen atoms in total. The standard InChI is InChI=1S/C18H22N2O5S2/c21-26(22,19-13-15-5-2-1-3-6-15)17-8-10-18(11-9-17)27(23,24)20-14-16-7-4-12-25-16/h1-3,5-6,8-11,16,19-20H,4,7,12-14H2/t16-/m0/s1. The van der Waals surface area contributed by atoms with Crippen molar-refractivity contribution >= 4 is 20.0 Å². The summed E-state index contributed by atoms with van der Waals surface area (Å²) in [5, 5.41) is 0. The number of sulfonamides is 2. The summed E-state index contributed by atoms with van der Waals surface area (Å²) in [5.41, 5.74) is 0.832. The summed E-state index contributed by atoms with van der Waals surface area (Å²) in [5.74, 6) is 0. The maximum atomic E-state index is 12.4. The van der Waals surface area contributed by atoms with Crippen LogP contribution in [0.25, 0.3) is 0 Å². The minimum Gasteiger partial charge on any atom is -0.377 e. The molecule has 0 saturated carbocycles. The zero-order valence-electron chi connectivity index (χ0n) is 14.7. The van der Waals surface area contributed by atoms with Gasteiger partial charge in [0, 0.05) is 19.7 Å². The van der Waals surface area contributed by atoms with Crippen LogP contribution in [0.15, 0.2) is 64.4 Å². The predicted octanol–water partition coefficient (Wildman–Crippen LogP) is 1.62. The van der Waals surface area contributed by atoms with E-state index in [4.69, 9.17) is 4.74 Å². The molecule has 1 fully saturated rings. The van der Waals surface area contributed by atoms with Crippen molar-refractivity contribution in [3.8, 4) is 0 Å². The van der Waals surface area contributed by atoms with Gasteiger partial charge in [0.15, 0.2) is 0 Å². The van der Waals surface area contributed by atoms with Crippen molar-refractivity contribution in [1.29, 1.82) is 0 Å². The first-order valence-corrected chi connectivity index (χ1v) is 11.6. The Morgan fingerprint density at radius 3 is 2.00 bits per heavy atom. The molecular formula is C18H22N2O5S2. The van der Waals surface area contributed by atoms with Gasteiger partial charge >= 0.3 is 0 Å². The molecule has 0 radical (unpaired) electrons. The Hall–Kier alpha value is -1.78. The molecule has 0 amide bonds. The number of hydrogen-bond acceptors (Lipinski definition) is 5. The summed E-state index contributed by atoms with van der Waals surface area (Å²) in [6.45, 7) is 1.02. The maximum absolute atomic E-state index is 12.4. The molecule has 9 heteroatoms. The summed E-state index contributed by atoms with van der Waals surface area (Å²) in [6, 6.07) is 14.3. The minimum absolute atomic E-state index is 0.0107. The second-order valence-corrected chi connectivity index (χ2v) is 9.80. The molecule has 27 heavy (non-hydrogen) atoms. The molecule has 2 N–H and O–H groups in total. The third-order valence-corrected chi connectivity index (χ3v) is 7.14. The van der Waals surface area contributed by atoms with Crippen LogP contribution in [-0.2, 0) is 31.3 Å². The van der Waals surface area contributed by atoms with E-state index < -0.39 is 20.0 Å². The largest absolute Gasteiger partial charge is 0.377 e. The van der Waals surface area contributed by atoms with Crippen molar-refractivity contribution in [2.75, 3.05) is 13.2 Å². The van der Waals surface area contributed by atoms with Crippen molar-refractivity contribution in [2.45, 2.75) is 35.3 Å². The molecule has 0 spiro atoms. The summed E-state index contributed by atoms with van der Waals surface area (Å²) in [7, 11) is -7.44. The van der Waals surface area contributed by atoms with Crippen LogP contribution in [0.3, 0.4) is 0 Å². The van der Waals surface area contributed by atoms with Crippen LogP contribution in [0.4, 0.5) is 0 Å². The number of rotatable bonds is 8. The van der Waals surface area contributed by atoms with E-state index in [9.17, 15) is 16.8 Å². The fourth-order valence-electron chi connectivity index (χ4n) is 2.75. The maximum Gasteiger partial charge on any atom is 0.240 e. The van der Waals surface area contributed by atoms with E-state index in [1.807, 2.05) is 30.3 Å². The molecule has 1 saturated heterocycles. The van der Waals surface area contributed by atoms with E-state index in [1.165, 1.54) is 24.3 Å². The second-order valence-electron chi connectivity index (χ2n) is 6.27. The Morgan fingerprint density at radius 1 is 0.852 bits per heavy atom. The number of ether oxygens (including phenoxy) is 1. The van der Waals surface area contributed by atoms with Crippen molar-refractivity contribution in [2.24, 2.45) is 0 Å². The molecule has 0 unspecified atom stereocenters. The Morgan fingerprint density at radius 2 is 1.44 bits per heavy atom. The predicted molar refractivity (Wildman–Crippen MR) is 101 cm³/mol. The average Bonchev–Trinajstić information content (AvgIpc) is 3.20. The van der Waals surface area contributed by atoms with Crippen LogP contribution >= 0.6 is 0 Å². The van der Waals surface area contributed by atoms with Crippen molar-refractivity contribution in [3.05, 3.63) is 60.2 Å². The zero-order chi connectivity index (χ0) is 19.3. The quantitative estimate of drug-likeness (QED) is 0.689. The summed E-state index contributed by atoms with van der Waals surface area (Å²) in [4.78, 5) is 0.0269. The third-order valence-electron chi connectivity index (χ3n) is 4.28. The van der Waals surface area contributed by atoms with Gasteiger partial charge < -0.3 is 4.74 Å². The Labute approximate surface area is 159 Å². The van der Waals surface area contributed by atoms with E-state index in [1.54, 1.807) is 0 Å². The molecule has 0 aliphatic carbocycles. The van der Waals surface area contributed by atoms with Crippen LogP contribution in [0.1, 0.15) is 18.4 Å². The van der Waals surface area contributed by atoms with Crippen LogP contribution in [0.2, 0.25) is 0 Å². The highest BCUT2D eigenvalue weighted by Crippen LogP contribution is 2.16. The summed E-state index contributed by atoms with van der Waals surface area (Å²) < 4.78 is 59.8. The van der Waals surface area contributed by atoms with E-state index >= 15 is 0 Å². The molecule has 2 aromatic rings. The van der Waals surface area contributed by atoms with Gasteiger partial charge in [-0.15, -0.1) is 0 Å². The van der Waals surface area contributed by atoms with Gasteiger partial charge in [0.2, 0.25) is 20.0 Å². The van der Waals surface area contributed by atoms with Gasteiger partial charge in [-0.2, -0.15) is 0 Å². The number of hydrogen-bond donors (Lipinski definition) is 2. The molecule has 1 aliphatic rings. The lowest BCUT2D eigenvalue weighted by molar-refractivity contribution is 0.114. The average molecular weight is 411 g/mol. The lowest BCUT2D eigenvalue weighted by Gasteiger charge is -2.12. The van der Waals surface area contributed by atoms with Gasteiger partial charge in [-0.3, -0.25) is 0 Å². The zero-order valence-corrected chi connectivity index (χ0v) is 16.3.